The quantitative estimate of drug-likeness (QED) is 0.154. The lowest BCUT2D eigenvalue weighted by atomic mass is 10.00. The third-order valence-electron chi connectivity index (χ3n) is 11.2. The first-order valence-corrected chi connectivity index (χ1v) is 19.7. The van der Waals surface area contributed by atoms with Gasteiger partial charge < -0.3 is 9.97 Å². The molecule has 0 atom stereocenters. The molecule has 0 amide bonds. The molecule has 0 aliphatic carbocycles. The van der Waals surface area contributed by atoms with Gasteiger partial charge in [0.2, 0.25) is 0 Å². The van der Waals surface area contributed by atoms with Crippen LogP contribution in [0, 0.1) is 0 Å². The van der Waals surface area contributed by atoms with E-state index in [2.05, 4.69) is 173 Å². The molecule has 1 aliphatic heterocycles. The number of nitrogens with zero attached hydrogens (tertiary/aromatic N) is 7. The Morgan fingerprint density at radius 3 is 1.26 bits per heavy atom. The number of aryl methyl sites for hydroxylation is 9. The van der Waals surface area contributed by atoms with Crippen molar-refractivity contribution in [3.8, 4) is 22.8 Å². The molecule has 9 aromatic rings. The van der Waals surface area contributed by atoms with E-state index < -0.39 is 0 Å². The van der Waals surface area contributed by atoms with Crippen LogP contribution in [0.2, 0.25) is 0 Å². The van der Waals surface area contributed by atoms with Crippen LogP contribution < -0.4 is 13.7 Å². The zero-order valence-corrected chi connectivity index (χ0v) is 32.5. The predicted octanol–water partition coefficient (Wildman–Crippen LogP) is 7.14. The Morgan fingerprint density at radius 2 is 0.789 bits per heavy atom. The molecular formula is C48H44N9+3. The fourth-order valence-corrected chi connectivity index (χ4v) is 8.25. The first kappa shape index (κ1) is 34.6. The number of benzene rings is 3. The molecule has 6 bridgehead atoms. The Bertz CT molecular complexity index is 3080. The van der Waals surface area contributed by atoms with Gasteiger partial charge in [-0.2, -0.15) is 0 Å². The van der Waals surface area contributed by atoms with Crippen LogP contribution in [0.15, 0.2) is 128 Å². The van der Waals surface area contributed by atoms with E-state index in [1.165, 1.54) is 33.4 Å². The molecule has 278 valence electrons. The van der Waals surface area contributed by atoms with Crippen molar-refractivity contribution in [2.75, 3.05) is 0 Å². The highest BCUT2D eigenvalue weighted by atomic mass is 15.0. The smallest absolute Gasteiger partial charge is 0.171 e. The molecule has 9 nitrogen and oxygen atoms in total. The fourth-order valence-electron chi connectivity index (χ4n) is 8.25. The SMILES string of the molecule is C[n+]1cccc(CCc2ccc3c(c2)-c2nc-3nc3[nH]c(nc4[nH]c(n2)c2cc(CCc5ccc[n+](C)c5)ccc42)c2ccc(CCc4ccc[n+](C)c4)cc32)c1. The van der Waals surface area contributed by atoms with Gasteiger partial charge in [-0.1, -0.05) is 36.4 Å². The van der Waals surface area contributed by atoms with E-state index in [1.54, 1.807) is 0 Å². The van der Waals surface area contributed by atoms with E-state index in [0.29, 0.717) is 11.6 Å². The zero-order valence-electron chi connectivity index (χ0n) is 32.5. The fraction of sp³-hybridized carbons (Fsp3) is 0.188. The van der Waals surface area contributed by atoms with Gasteiger partial charge in [0.15, 0.2) is 48.8 Å². The summed E-state index contributed by atoms with van der Waals surface area (Å²) in [5.74, 6) is 1.30. The summed E-state index contributed by atoms with van der Waals surface area (Å²) in [5, 5.41) is 4.09. The molecule has 0 spiro atoms. The minimum Gasteiger partial charge on any atom is -0.324 e. The molecule has 0 saturated carbocycles. The summed E-state index contributed by atoms with van der Waals surface area (Å²) in [6, 6.07) is 32.9. The molecule has 6 aromatic heterocycles. The third kappa shape index (κ3) is 6.97. The molecule has 0 radical (unpaired) electrons. The molecule has 3 aromatic carbocycles. The largest absolute Gasteiger partial charge is 0.324 e. The summed E-state index contributed by atoms with van der Waals surface area (Å²) in [5.41, 5.74) is 12.6. The Hall–Kier alpha value is -6.87. The van der Waals surface area contributed by atoms with Gasteiger partial charge in [0, 0.05) is 67.6 Å². The number of fused-ring (bicyclic) bond motifs is 15. The monoisotopic (exact) mass is 746 g/mol. The number of hydrogen-bond donors (Lipinski definition) is 2. The Balaban J connectivity index is 1.12. The lowest BCUT2D eigenvalue weighted by Gasteiger charge is -2.05. The molecular weight excluding hydrogens is 703 g/mol. The van der Waals surface area contributed by atoms with E-state index in [1.807, 2.05) is 0 Å². The van der Waals surface area contributed by atoms with Gasteiger partial charge in [0.25, 0.3) is 0 Å². The van der Waals surface area contributed by atoms with Crippen LogP contribution in [0.1, 0.15) is 33.4 Å². The van der Waals surface area contributed by atoms with Gasteiger partial charge in [-0.05, 0) is 91.6 Å². The standard InChI is InChI=1S/C48H44N9/c1-55-22-4-7-34(28-55)13-10-31-16-19-37-40(25-31)46-50-43(37)49-44-38-20-17-32(11-14-35-8-5-23-56(2)29-35)26-41(38)47(51-44)54-48-42-27-33(18-21-39(42)45(52-46)53-48)12-15-36-9-6-24-57(3)30-36/h4-9,16-30H,10-15H2,1-3H3,(H2,49,50,51,52,53,54)/q+3. The summed E-state index contributed by atoms with van der Waals surface area (Å²) in [6.45, 7) is 0. The van der Waals surface area contributed by atoms with E-state index >= 15 is 0 Å². The number of aromatic nitrogens is 9. The predicted molar refractivity (Wildman–Crippen MR) is 223 cm³/mol. The second-order valence-corrected chi connectivity index (χ2v) is 15.5. The van der Waals surface area contributed by atoms with Gasteiger partial charge in [-0.3, -0.25) is 0 Å². The number of nitrogens with one attached hydrogen (secondary N) is 2. The van der Waals surface area contributed by atoms with Crippen molar-refractivity contribution < 1.29 is 13.7 Å². The van der Waals surface area contributed by atoms with Crippen molar-refractivity contribution in [1.82, 2.24) is 29.9 Å². The summed E-state index contributed by atoms with van der Waals surface area (Å²) in [6.07, 6.45) is 18.3. The van der Waals surface area contributed by atoms with Crippen molar-refractivity contribution in [3.63, 3.8) is 0 Å². The maximum Gasteiger partial charge on any atom is 0.171 e. The lowest BCUT2D eigenvalue weighted by molar-refractivity contribution is -0.672. The molecule has 10 rings (SSSR count). The van der Waals surface area contributed by atoms with Gasteiger partial charge in [0.1, 0.15) is 43.7 Å². The van der Waals surface area contributed by atoms with E-state index in [9.17, 15) is 0 Å². The number of H-pyrrole nitrogens is 2. The molecule has 0 unspecified atom stereocenters. The molecule has 2 N–H and O–H groups in total. The molecule has 1 aliphatic rings. The van der Waals surface area contributed by atoms with Gasteiger partial charge >= 0.3 is 0 Å². The van der Waals surface area contributed by atoms with Gasteiger partial charge in [-0.15, -0.1) is 0 Å². The van der Waals surface area contributed by atoms with Crippen molar-refractivity contribution >= 4 is 44.1 Å². The van der Waals surface area contributed by atoms with Crippen LogP contribution in [0.5, 0.6) is 0 Å². The Kier molecular flexibility index (Phi) is 8.70. The minimum atomic E-state index is 0.649. The maximum atomic E-state index is 5.29. The molecule has 7 heterocycles. The third-order valence-corrected chi connectivity index (χ3v) is 11.2. The van der Waals surface area contributed by atoms with Crippen LogP contribution in [-0.4, -0.2) is 29.9 Å². The van der Waals surface area contributed by atoms with Crippen molar-refractivity contribution in [1.29, 1.82) is 0 Å². The van der Waals surface area contributed by atoms with Crippen LogP contribution in [0.4, 0.5) is 0 Å². The van der Waals surface area contributed by atoms with E-state index in [-0.39, 0.29) is 0 Å². The molecule has 0 saturated heterocycles. The number of hydrogen-bond acceptors (Lipinski definition) is 4. The molecule has 9 heteroatoms. The normalized spacial score (nSPS) is 11.8. The second-order valence-electron chi connectivity index (χ2n) is 15.5. The van der Waals surface area contributed by atoms with E-state index in [0.717, 1.165) is 93.8 Å². The van der Waals surface area contributed by atoms with E-state index in [4.69, 9.17) is 19.9 Å². The van der Waals surface area contributed by atoms with Crippen LogP contribution in [0.25, 0.3) is 66.9 Å². The highest BCUT2D eigenvalue weighted by Crippen LogP contribution is 2.36. The van der Waals surface area contributed by atoms with Crippen molar-refractivity contribution in [2.45, 2.75) is 38.5 Å². The Labute approximate surface area is 330 Å². The second kappa shape index (κ2) is 14.3. The number of pyridine rings is 3. The topological polar surface area (TPSA) is 94.8 Å². The Morgan fingerprint density at radius 1 is 0.386 bits per heavy atom. The average Bonchev–Trinajstić information content (AvgIpc) is 3.85. The molecule has 57 heavy (non-hydrogen) atoms. The van der Waals surface area contributed by atoms with Gasteiger partial charge in [-0.25, -0.2) is 33.6 Å². The number of rotatable bonds is 9. The average molecular weight is 747 g/mol. The number of aromatic amines is 2. The maximum absolute atomic E-state index is 5.29. The lowest BCUT2D eigenvalue weighted by Crippen LogP contribution is -2.26. The van der Waals surface area contributed by atoms with Crippen molar-refractivity contribution in [2.24, 2.45) is 21.1 Å². The first-order chi connectivity index (χ1) is 27.9. The summed E-state index contributed by atoms with van der Waals surface area (Å²) in [7, 11) is 6.20. The highest BCUT2D eigenvalue weighted by molar-refractivity contribution is 6.08. The van der Waals surface area contributed by atoms with Crippen LogP contribution in [-0.2, 0) is 59.7 Å². The van der Waals surface area contributed by atoms with Gasteiger partial charge in [0.05, 0.1) is 0 Å². The van der Waals surface area contributed by atoms with Crippen LogP contribution >= 0.6 is 0 Å². The highest BCUT2D eigenvalue weighted by Gasteiger charge is 2.21. The summed E-state index contributed by atoms with van der Waals surface area (Å²) < 4.78 is 6.31. The molecule has 0 fully saturated rings. The summed E-state index contributed by atoms with van der Waals surface area (Å²) >= 11 is 0. The summed E-state index contributed by atoms with van der Waals surface area (Å²) in [4.78, 5) is 28.2. The minimum absolute atomic E-state index is 0.649. The van der Waals surface area contributed by atoms with Crippen molar-refractivity contribution in [3.05, 3.63) is 162 Å². The zero-order chi connectivity index (χ0) is 38.5. The van der Waals surface area contributed by atoms with Crippen LogP contribution in [0.3, 0.4) is 0 Å². The first-order valence-electron chi connectivity index (χ1n) is 19.7.